The molecule has 0 radical (unpaired) electrons. The second-order valence-electron chi connectivity index (χ2n) is 5.86. The van der Waals surface area contributed by atoms with Gasteiger partial charge in [-0.2, -0.15) is 0 Å². The van der Waals surface area contributed by atoms with Gasteiger partial charge in [0, 0.05) is 45.2 Å². The predicted octanol–water partition coefficient (Wildman–Crippen LogP) is 2.53. The van der Waals surface area contributed by atoms with Gasteiger partial charge in [-0.25, -0.2) is 0 Å². The first kappa shape index (κ1) is 20.2. The lowest BCUT2D eigenvalue weighted by Crippen LogP contribution is -2.39. The number of hydrogen-bond acceptors (Lipinski definition) is 3. The Labute approximate surface area is 156 Å². The molecule has 0 atom stereocenters. The van der Waals surface area contributed by atoms with Crippen LogP contribution < -0.4 is 10.6 Å². The predicted molar refractivity (Wildman–Crippen MR) is 106 cm³/mol. The third kappa shape index (κ3) is 9.10. The summed E-state index contributed by atoms with van der Waals surface area (Å²) in [5.41, 5.74) is 2.29. The van der Waals surface area contributed by atoms with E-state index in [1.807, 2.05) is 19.2 Å². The van der Waals surface area contributed by atoms with Gasteiger partial charge in [-0.15, -0.1) is 24.0 Å². The van der Waals surface area contributed by atoms with Crippen LogP contribution in [0.2, 0.25) is 0 Å². The van der Waals surface area contributed by atoms with E-state index in [0.717, 1.165) is 56.7 Å². The highest BCUT2D eigenvalue weighted by Crippen LogP contribution is 2.28. The third-order valence-electron chi connectivity index (χ3n) is 3.71. The van der Waals surface area contributed by atoms with Gasteiger partial charge in [0.15, 0.2) is 5.96 Å². The highest BCUT2D eigenvalue weighted by atomic mass is 127. The van der Waals surface area contributed by atoms with Crippen molar-refractivity contribution in [3.05, 3.63) is 29.6 Å². The Bertz CT molecular complexity index is 460. The molecule has 0 aromatic carbocycles. The highest BCUT2D eigenvalue weighted by molar-refractivity contribution is 14.0. The molecule has 1 aromatic rings. The van der Waals surface area contributed by atoms with Crippen molar-refractivity contribution in [1.29, 1.82) is 0 Å². The number of guanidine groups is 1. The molecule has 0 spiro atoms. The summed E-state index contributed by atoms with van der Waals surface area (Å²) in [6.07, 6.45) is 6.59. The number of nitrogens with zero attached hydrogens (tertiary/aromatic N) is 2. The summed E-state index contributed by atoms with van der Waals surface area (Å²) in [5, 5.41) is 6.63. The molecular weight excluding hydrogens is 403 g/mol. The smallest absolute Gasteiger partial charge is 0.190 e. The Balaban J connectivity index is 0.00000264. The number of halogens is 1. The lowest BCUT2D eigenvalue weighted by Gasteiger charge is -2.12. The van der Waals surface area contributed by atoms with E-state index in [1.54, 1.807) is 7.05 Å². The molecule has 1 fully saturated rings. The van der Waals surface area contributed by atoms with E-state index in [2.05, 4.69) is 26.7 Å². The minimum atomic E-state index is 0. The first-order valence-electron chi connectivity index (χ1n) is 8.21. The molecule has 0 unspecified atom stereocenters. The van der Waals surface area contributed by atoms with Crippen molar-refractivity contribution >= 4 is 29.9 Å². The van der Waals surface area contributed by atoms with Gasteiger partial charge in [0.05, 0.1) is 0 Å². The fraction of sp³-hybridized carbons (Fsp3) is 0.647. The molecule has 0 amide bonds. The fourth-order valence-corrected chi connectivity index (χ4v) is 2.11. The van der Waals surface area contributed by atoms with E-state index in [1.165, 1.54) is 18.4 Å². The van der Waals surface area contributed by atoms with Gasteiger partial charge in [-0.1, -0.05) is 6.07 Å². The van der Waals surface area contributed by atoms with Crippen molar-refractivity contribution in [2.45, 2.75) is 32.6 Å². The zero-order chi connectivity index (χ0) is 15.6. The lowest BCUT2D eigenvalue weighted by atomic mass is 10.2. The van der Waals surface area contributed by atoms with Crippen molar-refractivity contribution in [3.8, 4) is 0 Å². The molecule has 1 saturated carbocycles. The van der Waals surface area contributed by atoms with Crippen LogP contribution >= 0.6 is 24.0 Å². The molecule has 0 bridgehead atoms. The second kappa shape index (κ2) is 11.6. The van der Waals surface area contributed by atoms with Crippen LogP contribution in [0.25, 0.3) is 0 Å². The normalized spacial score (nSPS) is 14.3. The zero-order valence-corrected chi connectivity index (χ0v) is 16.5. The molecule has 130 valence electrons. The van der Waals surface area contributed by atoms with Crippen molar-refractivity contribution < 1.29 is 4.74 Å². The quantitative estimate of drug-likeness (QED) is 0.273. The summed E-state index contributed by atoms with van der Waals surface area (Å²) in [5.74, 6) is 1.70. The second-order valence-corrected chi connectivity index (χ2v) is 5.86. The van der Waals surface area contributed by atoms with Crippen LogP contribution in [-0.2, 0) is 11.2 Å². The van der Waals surface area contributed by atoms with E-state index >= 15 is 0 Å². The van der Waals surface area contributed by atoms with Crippen molar-refractivity contribution in [3.63, 3.8) is 0 Å². The molecule has 1 aromatic heterocycles. The van der Waals surface area contributed by atoms with Gasteiger partial charge in [-0.05, 0) is 50.2 Å². The first-order valence-corrected chi connectivity index (χ1v) is 8.21. The maximum Gasteiger partial charge on any atom is 0.190 e. The maximum atomic E-state index is 5.61. The minimum Gasteiger partial charge on any atom is -0.381 e. The standard InChI is InChI=1S/C17H28N4O.HI/c1-14-4-5-15(12-21-14)8-10-20-17(18-2)19-9-3-11-22-13-16-6-7-16;/h4-5,12,16H,3,6-11,13H2,1-2H3,(H2,18,19,20);1H. The number of aromatic nitrogens is 1. The molecule has 1 heterocycles. The van der Waals surface area contributed by atoms with Crippen LogP contribution in [-0.4, -0.2) is 44.3 Å². The molecule has 6 heteroatoms. The zero-order valence-electron chi connectivity index (χ0n) is 14.2. The molecule has 0 saturated heterocycles. The fourth-order valence-electron chi connectivity index (χ4n) is 2.11. The summed E-state index contributed by atoms with van der Waals surface area (Å²) < 4.78 is 5.61. The van der Waals surface area contributed by atoms with Gasteiger partial charge < -0.3 is 15.4 Å². The van der Waals surface area contributed by atoms with Crippen LogP contribution in [0.3, 0.4) is 0 Å². The third-order valence-corrected chi connectivity index (χ3v) is 3.71. The van der Waals surface area contributed by atoms with Gasteiger partial charge in [0.25, 0.3) is 0 Å². The van der Waals surface area contributed by atoms with E-state index in [9.17, 15) is 0 Å². The topological polar surface area (TPSA) is 58.5 Å². The van der Waals surface area contributed by atoms with Crippen LogP contribution in [0.15, 0.2) is 23.3 Å². The number of aryl methyl sites for hydroxylation is 1. The van der Waals surface area contributed by atoms with Crippen LogP contribution in [0, 0.1) is 12.8 Å². The molecular formula is C17H29IN4O. The lowest BCUT2D eigenvalue weighted by molar-refractivity contribution is 0.123. The summed E-state index contributed by atoms with van der Waals surface area (Å²) in [7, 11) is 1.80. The van der Waals surface area contributed by atoms with Crippen LogP contribution in [0.1, 0.15) is 30.5 Å². The molecule has 23 heavy (non-hydrogen) atoms. The number of hydrogen-bond donors (Lipinski definition) is 2. The van der Waals surface area contributed by atoms with Gasteiger partial charge >= 0.3 is 0 Å². The molecule has 0 aliphatic heterocycles. The van der Waals surface area contributed by atoms with Gasteiger partial charge in [0.2, 0.25) is 0 Å². The number of pyridine rings is 1. The number of rotatable bonds is 9. The first-order chi connectivity index (χ1) is 10.8. The van der Waals surface area contributed by atoms with E-state index < -0.39 is 0 Å². The van der Waals surface area contributed by atoms with E-state index in [-0.39, 0.29) is 24.0 Å². The molecule has 5 nitrogen and oxygen atoms in total. The largest absolute Gasteiger partial charge is 0.381 e. The number of nitrogens with one attached hydrogen (secondary N) is 2. The monoisotopic (exact) mass is 432 g/mol. The van der Waals surface area contributed by atoms with Gasteiger partial charge in [-0.3, -0.25) is 9.98 Å². The van der Waals surface area contributed by atoms with E-state index in [0.29, 0.717) is 0 Å². The molecule has 2 rings (SSSR count). The summed E-state index contributed by atoms with van der Waals surface area (Å²) >= 11 is 0. The van der Waals surface area contributed by atoms with Crippen LogP contribution in [0.5, 0.6) is 0 Å². The Morgan fingerprint density at radius 1 is 1.30 bits per heavy atom. The maximum absolute atomic E-state index is 5.61. The SMILES string of the molecule is CN=C(NCCCOCC1CC1)NCCc1ccc(C)nc1.I. The van der Waals surface area contributed by atoms with Gasteiger partial charge in [0.1, 0.15) is 0 Å². The molecule has 1 aliphatic carbocycles. The number of ether oxygens (including phenoxy) is 1. The van der Waals surface area contributed by atoms with Crippen molar-refractivity contribution in [2.24, 2.45) is 10.9 Å². The number of aliphatic imine (C=N–C) groups is 1. The average molecular weight is 432 g/mol. The Kier molecular flexibility index (Phi) is 10.2. The Morgan fingerprint density at radius 2 is 2.09 bits per heavy atom. The van der Waals surface area contributed by atoms with E-state index in [4.69, 9.17) is 4.74 Å². The summed E-state index contributed by atoms with van der Waals surface area (Å²) in [4.78, 5) is 8.53. The minimum absolute atomic E-state index is 0. The Hall–Kier alpha value is -0.890. The summed E-state index contributed by atoms with van der Waals surface area (Å²) in [6.45, 7) is 5.51. The Morgan fingerprint density at radius 3 is 2.74 bits per heavy atom. The summed E-state index contributed by atoms with van der Waals surface area (Å²) in [6, 6.07) is 4.17. The van der Waals surface area contributed by atoms with Crippen molar-refractivity contribution in [1.82, 2.24) is 15.6 Å². The van der Waals surface area contributed by atoms with Crippen LogP contribution in [0.4, 0.5) is 0 Å². The molecule has 1 aliphatic rings. The average Bonchev–Trinajstić information content (AvgIpc) is 3.35. The van der Waals surface area contributed by atoms with Crippen molar-refractivity contribution in [2.75, 3.05) is 33.4 Å². The highest BCUT2D eigenvalue weighted by Gasteiger charge is 2.20. The molecule has 2 N–H and O–H groups in total.